The molecular weight excluding hydrogens is 431 g/mol. The Balaban J connectivity index is 1.63. The molecule has 1 heterocycles. The number of halogens is 2. The van der Waals surface area contributed by atoms with Gasteiger partial charge < -0.3 is 0 Å². The molecule has 0 saturated heterocycles. The van der Waals surface area contributed by atoms with Crippen LogP contribution in [0.25, 0.3) is 0 Å². The highest BCUT2D eigenvalue weighted by molar-refractivity contribution is 8.00. The predicted octanol–water partition coefficient (Wildman–Crippen LogP) is 5.30. The van der Waals surface area contributed by atoms with Crippen LogP contribution in [0.4, 0.5) is 10.8 Å². The molecule has 0 aliphatic heterocycles. The second-order valence-corrected chi connectivity index (χ2v) is 8.21. The van der Waals surface area contributed by atoms with Crippen molar-refractivity contribution in [2.75, 3.05) is 5.32 Å². The molecule has 0 atom stereocenters. The topological polar surface area (TPSA) is 98.0 Å². The summed E-state index contributed by atoms with van der Waals surface area (Å²) in [5.41, 5.74) is 1.07. The van der Waals surface area contributed by atoms with Crippen LogP contribution in [-0.2, 0) is 5.75 Å². The van der Waals surface area contributed by atoms with Crippen LogP contribution in [0.15, 0.2) is 46.8 Å². The van der Waals surface area contributed by atoms with Crippen molar-refractivity contribution in [2.45, 2.75) is 10.1 Å². The predicted molar refractivity (Wildman–Crippen MR) is 107 cm³/mol. The number of nitro groups is 1. The summed E-state index contributed by atoms with van der Waals surface area (Å²) in [6.07, 6.45) is 0. The molecule has 3 rings (SSSR count). The van der Waals surface area contributed by atoms with E-state index in [0.29, 0.717) is 20.2 Å². The summed E-state index contributed by atoms with van der Waals surface area (Å²) in [5.74, 6) is 0.0542. The van der Waals surface area contributed by atoms with Crippen molar-refractivity contribution in [3.8, 4) is 0 Å². The Hall–Kier alpha value is -2.20. The van der Waals surface area contributed by atoms with Gasteiger partial charge in [0, 0.05) is 22.9 Å². The number of nitrogens with zero attached hydrogens (tertiary/aromatic N) is 3. The van der Waals surface area contributed by atoms with Gasteiger partial charge in [0.2, 0.25) is 5.13 Å². The Morgan fingerprint density at radius 1 is 1.22 bits per heavy atom. The van der Waals surface area contributed by atoms with E-state index in [9.17, 15) is 14.9 Å². The van der Waals surface area contributed by atoms with Crippen LogP contribution in [0, 0.1) is 10.1 Å². The minimum absolute atomic E-state index is 0.0386. The molecule has 0 unspecified atom stereocenters. The molecule has 1 amide bonds. The minimum atomic E-state index is -0.437. The maximum atomic E-state index is 12.3. The van der Waals surface area contributed by atoms with E-state index in [1.165, 1.54) is 41.3 Å². The van der Waals surface area contributed by atoms with Gasteiger partial charge in [0.25, 0.3) is 11.6 Å². The lowest BCUT2D eigenvalue weighted by Gasteiger charge is -2.03. The molecule has 11 heteroatoms. The Morgan fingerprint density at radius 2 is 2.04 bits per heavy atom. The smallest absolute Gasteiger partial charge is 0.269 e. The third kappa shape index (κ3) is 5.16. The van der Waals surface area contributed by atoms with Gasteiger partial charge in [-0.15, -0.1) is 10.2 Å². The lowest BCUT2D eigenvalue weighted by atomic mass is 10.2. The van der Waals surface area contributed by atoms with E-state index in [1.54, 1.807) is 24.3 Å². The first-order valence-electron chi connectivity index (χ1n) is 7.38. The number of hydrogen-bond donors (Lipinski definition) is 1. The van der Waals surface area contributed by atoms with E-state index >= 15 is 0 Å². The summed E-state index contributed by atoms with van der Waals surface area (Å²) in [6, 6.07) is 11.0. The second kappa shape index (κ2) is 8.66. The molecule has 138 valence electrons. The number of amides is 1. The molecule has 0 saturated carbocycles. The fraction of sp³-hybridized carbons (Fsp3) is 0.0625. The van der Waals surface area contributed by atoms with Crippen molar-refractivity contribution in [2.24, 2.45) is 0 Å². The number of benzene rings is 2. The summed E-state index contributed by atoms with van der Waals surface area (Å²) in [7, 11) is 0. The van der Waals surface area contributed by atoms with Crippen molar-refractivity contribution >= 4 is 63.0 Å². The maximum absolute atomic E-state index is 12.3. The first-order chi connectivity index (χ1) is 12.9. The molecule has 0 radical (unpaired) electrons. The summed E-state index contributed by atoms with van der Waals surface area (Å²) < 4.78 is 0.619. The standard InChI is InChI=1S/C16H10Cl2N4O3S2/c17-10-4-5-13(18)12(7-10)14(23)19-15-20-21-16(27-15)26-8-9-2-1-3-11(6-9)22(24)25/h1-7H,8H2,(H,19,20,23). The highest BCUT2D eigenvalue weighted by Gasteiger charge is 2.14. The van der Waals surface area contributed by atoms with E-state index in [4.69, 9.17) is 23.2 Å². The highest BCUT2D eigenvalue weighted by Crippen LogP contribution is 2.30. The number of non-ortho nitro benzene ring substituents is 1. The maximum Gasteiger partial charge on any atom is 0.269 e. The van der Waals surface area contributed by atoms with Crippen molar-refractivity contribution in [3.63, 3.8) is 0 Å². The molecular formula is C16H10Cl2N4O3S2. The molecule has 0 aliphatic carbocycles. The number of carbonyl (C=O) groups excluding carboxylic acids is 1. The highest BCUT2D eigenvalue weighted by atomic mass is 35.5. The molecule has 2 aromatic carbocycles. The number of rotatable bonds is 6. The van der Waals surface area contributed by atoms with E-state index in [1.807, 2.05) is 0 Å². The molecule has 3 aromatic rings. The van der Waals surface area contributed by atoms with Gasteiger partial charge in [-0.05, 0) is 23.8 Å². The van der Waals surface area contributed by atoms with Crippen molar-refractivity contribution in [3.05, 3.63) is 73.8 Å². The van der Waals surface area contributed by atoms with Crippen LogP contribution < -0.4 is 5.32 Å². The lowest BCUT2D eigenvalue weighted by Crippen LogP contribution is -2.12. The van der Waals surface area contributed by atoms with E-state index in [2.05, 4.69) is 15.5 Å². The first kappa shape index (κ1) is 19.6. The summed E-state index contributed by atoms with van der Waals surface area (Å²) in [4.78, 5) is 22.7. The molecule has 0 fully saturated rings. The number of nitrogens with one attached hydrogen (secondary N) is 1. The van der Waals surface area contributed by atoms with Gasteiger partial charge in [-0.1, -0.05) is 58.4 Å². The number of thioether (sulfide) groups is 1. The Kier molecular flexibility index (Phi) is 6.27. The fourth-order valence-corrected chi connectivity index (χ4v) is 4.12. The summed E-state index contributed by atoms with van der Waals surface area (Å²) >= 11 is 14.5. The second-order valence-electron chi connectivity index (χ2n) is 5.17. The van der Waals surface area contributed by atoms with Gasteiger partial charge in [0.05, 0.1) is 15.5 Å². The average Bonchev–Trinajstić information content (AvgIpc) is 3.09. The number of anilines is 1. The van der Waals surface area contributed by atoms with Crippen molar-refractivity contribution < 1.29 is 9.72 Å². The quantitative estimate of drug-likeness (QED) is 0.241. The lowest BCUT2D eigenvalue weighted by molar-refractivity contribution is -0.384. The monoisotopic (exact) mass is 440 g/mol. The van der Waals surface area contributed by atoms with Crippen LogP contribution in [-0.4, -0.2) is 21.0 Å². The SMILES string of the molecule is O=C(Nc1nnc(SCc2cccc([N+](=O)[O-])c2)s1)c1cc(Cl)ccc1Cl. The zero-order chi connectivity index (χ0) is 19.4. The summed E-state index contributed by atoms with van der Waals surface area (Å²) in [5, 5.41) is 22.4. The Morgan fingerprint density at radius 3 is 2.81 bits per heavy atom. The molecule has 1 N–H and O–H groups in total. The van der Waals surface area contributed by atoms with Crippen LogP contribution >= 0.6 is 46.3 Å². The Bertz CT molecular complexity index is 1010. The van der Waals surface area contributed by atoms with Gasteiger partial charge in [0.1, 0.15) is 0 Å². The van der Waals surface area contributed by atoms with E-state index < -0.39 is 10.8 Å². The first-order valence-corrected chi connectivity index (χ1v) is 9.94. The van der Waals surface area contributed by atoms with Crippen LogP contribution in [0.3, 0.4) is 0 Å². The van der Waals surface area contributed by atoms with Crippen LogP contribution in [0.5, 0.6) is 0 Å². The van der Waals surface area contributed by atoms with E-state index in [0.717, 1.165) is 5.56 Å². The minimum Gasteiger partial charge on any atom is -0.296 e. The molecule has 0 bridgehead atoms. The van der Waals surface area contributed by atoms with Crippen LogP contribution in [0.2, 0.25) is 10.0 Å². The van der Waals surface area contributed by atoms with Crippen LogP contribution in [0.1, 0.15) is 15.9 Å². The normalized spacial score (nSPS) is 10.6. The zero-order valence-electron chi connectivity index (χ0n) is 13.4. The number of aromatic nitrogens is 2. The third-order valence-corrected chi connectivity index (χ3v) is 5.89. The largest absolute Gasteiger partial charge is 0.296 e. The van der Waals surface area contributed by atoms with Crippen molar-refractivity contribution in [1.29, 1.82) is 0 Å². The zero-order valence-corrected chi connectivity index (χ0v) is 16.5. The van der Waals surface area contributed by atoms with Crippen molar-refractivity contribution in [1.82, 2.24) is 10.2 Å². The third-order valence-electron chi connectivity index (χ3n) is 3.28. The van der Waals surface area contributed by atoms with E-state index in [-0.39, 0.29) is 16.3 Å². The molecule has 0 spiro atoms. The Labute approximate surface area is 171 Å². The fourth-order valence-electron chi connectivity index (χ4n) is 2.06. The van der Waals surface area contributed by atoms with Gasteiger partial charge >= 0.3 is 0 Å². The van der Waals surface area contributed by atoms with Gasteiger partial charge in [-0.3, -0.25) is 20.2 Å². The number of nitro benzene ring substituents is 1. The molecule has 7 nitrogen and oxygen atoms in total. The number of hydrogen-bond acceptors (Lipinski definition) is 7. The van der Waals surface area contributed by atoms with Gasteiger partial charge in [0.15, 0.2) is 4.34 Å². The van der Waals surface area contributed by atoms with Gasteiger partial charge in [-0.2, -0.15) is 0 Å². The van der Waals surface area contributed by atoms with Gasteiger partial charge in [-0.25, -0.2) is 0 Å². The average molecular weight is 441 g/mol. The molecule has 0 aliphatic rings. The molecule has 27 heavy (non-hydrogen) atoms. The number of carbonyl (C=O) groups is 1. The summed E-state index contributed by atoms with van der Waals surface area (Å²) in [6.45, 7) is 0. The molecule has 1 aromatic heterocycles.